The fourth-order valence-corrected chi connectivity index (χ4v) is 2.60. The normalized spacial score (nSPS) is 10.8. The number of rotatable bonds is 4. The Balaban J connectivity index is 2.13. The van der Waals surface area contributed by atoms with Gasteiger partial charge in [0, 0.05) is 16.9 Å². The SMILES string of the molecule is C=CNC(=S)Nc1cc(NC(=O)c2ccc(C(C)(C)C)cc2)ccc1C. The van der Waals surface area contributed by atoms with E-state index in [1.54, 1.807) is 0 Å². The maximum atomic E-state index is 12.5. The van der Waals surface area contributed by atoms with Crippen LogP contribution in [-0.2, 0) is 5.41 Å². The third-order valence-corrected chi connectivity index (χ3v) is 4.21. The van der Waals surface area contributed by atoms with Crippen molar-refractivity contribution in [1.82, 2.24) is 5.32 Å². The van der Waals surface area contributed by atoms with Crippen LogP contribution in [0.3, 0.4) is 0 Å². The van der Waals surface area contributed by atoms with Gasteiger partial charge >= 0.3 is 0 Å². The molecule has 26 heavy (non-hydrogen) atoms. The maximum Gasteiger partial charge on any atom is 0.255 e. The van der Waals surface area contributed by atoms with Crippen molar-refractivity contribution in [2.24, 2.45) is 0 Å². The zero-order valence-corrected chi connectivity index (χ0v) is 16.5. The molecule has 1 amide bonds. The minimum atomic E-state index is -0.146. The molecule has 0 aliphatic carbocycles. The van der Waals surface area contributed by atoms with Crippen LogP contribution in [-0.4, -0.2) is 11.0 Å². The number of carbonyl (C=O) groups is 1. The molecular formula is C21H25N3OS. The first kappa shape index (κ1) is 19.7. The molecule has 2 rings (SSSR count). The number of benzene rings is 2. The van der Waals surface area contributed by atoms with Crippen molar-refractivity contribution in [3.05, 3.63) is 71.9 Å². The lowest BCUT2D eigenvalue weighted by Crippen LogP contribution is -2.23. The summed E-state index contributed by atoms with van der Waals surface area (Å²) in [5.41, 5.74) is 4.42. The van der Waals surface area contributed by atoms with E-state index in [9.17, 15) is 4.79 Å². The summed E-state index contributed by atoms with van der Waals surface area (Å²) < 4.78 is 0. The number of hydrogen-bond acceptors (Lipinski definition) is 2. The molecule has 0 saturated heterocycles. The van der Waals surface area contributed by atoms with Crippen LogP contribution >= 0.6 is 12.2 Å². The molecule has 0 spiro atoms. The van der Waals surface area contributed by atoms with Crippen LogP contribution in [0.5, 0.6) is 0 Å². The van der Waals surface area contributed by atoms with Crippen LogP contribution in [0, 0.1) is 6.92 Å². The number of nitrogens with one attached hydrogen (secondary N) is 3. The summed E-state index contributed by atoms with van der Waals surface area (Å²) in [4.78, 5) is 12.5. The predicted octanol–water partition coefficient (Wildman–Crippen LogP) is 4.97. The van der Waals surface area contributed by atoms with Crippen LogP contribution in [0.2, 0.25) is 0 Å². The number of carbonyl (C=O) groups excluding carboxylic acids is 1. The molecule has 0 fully saturated rings. The van der Waals surface area contributed by atoms with E-state index in [-0.39, 0.29) is 11.3 Å². The summed E-state index contributed by atoms with van der Waals surface area (Å²) in [6.07, 6.45) is 1.51. The van der Waals surface area contributed by atoms with E-state index in [0.717, 1.165) is 11.3 Å². The van der Waals surface area contributed by atoms with E-state index in [2.05, 4.69) is 43.3 Å². The third-order valence-electron chi connectivity index (χ3n) is 3.99. The van der Waals surface area contributed by atoms with E-state index in [1.807, 2.05) is 49.4 Å². The van der Waals surface area contributed by atoms with Gasteiger partial charge in [0.25, 0.3) is 5.91 Å². The Morgan fingerprint density at radius 2 is 1.73 bits per heavy atom. The Hall–Kier alpha value is -2.66. The molecule has 2 aromatic rings. The molecular weight excluding hydrogens is 342 g/mol. The average Bonchev–Trinajstić information content (AvgIpc) is 2.57. The van der Waals surface area contributed by atoms with Gasteiger partial charge in [-0.05, 0) is 66.1 Å². The highest BCUT2D eigenvalue weighted by Gasteiger charge is 2.14. The lowest BCUT2D eigenvalue weighted by Gasteiger charge is -2.19. The Kier molecular flexibility index (Phi) is 6.16. The third kappa shape index (κ3) is 5.17. The van der Waals surface area contributed by atoms with Crippen molar-refractivity contribution in [3.8, 4) is 0 Å². The fourth-order valence-electron chi connectivity index (χ4n) is 2.41. The Bertz CT molecular complexity index is 820. The number of aryl methyl sites for hydroxylation is 1. The first-order valence-corrected chi connectivity index (χ1v) is 8.82. The highest BCUT2D eigenvalue weighted by molar-refractivity contribution is 7.80. The second kappa shape index (κ2) is 8.15. The molecule has 136 valence electrons. The predicted molar refractivity (Wildman–Crippen MR) is 114 cm³/mol. The highest BCUT2D eigenvalue weighted by atomic mass is 32.1. The van der Waals surface area contributed by atoms with Gasteiger partial charge < -0.3 is 16.0 Å². The van der Waals surface area contributed by atoms with Crippen molar-refractivity contribution >= 4 is 34.6 Å². The van der Waals surface area contributed by atoms with Gasteiger partial charge in [-0.3, -0.25) is 4.79 Å². The van der Waals surface area contributed by atoms with Crippen LogP contribution in [0.1, 0.15) is 42.3 Å². The molecule has 3 N–H and O–H groups in total. The highest BCUT2D eigenvalue weighted by Crippen LogP contribution is 2.23. The monoisotopic (exact) mass is 367 g/mol. The van der Waals surface area contributed by atoms with Gasteiger partial charge in [-0.1, -0.05) is 45.5 Å². The van der Waals surface area contributed by atoms with E-state index in [0.29, 0.717) is 16.4 Å². The number of hydrogen-bond donors (Lipinski definition) is 3. The summed E-state index contributed by atoms with van der Waals surface area (Å²) in [7, 11) is 0. The lowest BCUT2D eigenvalue weighted by atomic mass is 9.87. The molecule has 0 heterocycles. The minimum absolute atomic E-state index is 0.0599. The molecule has 0 unspecified atom stereocenters. The van der Waals surface area contributed by atoms with Gasteiger partial charge in [-0.15, -0.1) is 0 Å². The molecule has 0 radical (unpaired) electrons. The smallest absolute Gasteiger partial charge is 0.255 e. The average molecular weight is 368 g/mol. The summed E-state index contributed by atoms with van der Waals surface area (Å²) >= 11 is 5.16. The molecule has 2 aromatic carbocycles. The Morgan fingerprint density at radius 1 is 1.08 bits per heavy atom. The molecule has 0 aliphatic heterocycles. The van der Waals surface area contributed by atoms with E-state index < -0.39 is 0 Å². The standard InChI is InChI=1S/C21H25N3OS/c1-6-22-20(26)24-18-13-17(12-7-14(18)2)23-19(25)15-8-10-16(11-9-15)21(3,4)5/h6-13H,1H2,2-5H3,(H,23,25)(H2,22,24,26). The number of thiocarbonyl (C=S) groups is 1. The maximum absolute atomic E-state index is 12.5. The van der Waals surface area contributed by atoms with Crippen LogP contribution in [0.15, 0.2) is 55.2 Å². The first-order chi connectivity index (χ1) is 12.2. The molecule has 5 heteroatoms. The summed E-state index contributed by atoms with van der Waals surface area (Å²) in [6.45, 7) is 12.0. The summed E-state index contributed by atoms with van der Waals surface area (Å²) in [5, 5.41) is 9.28. The second-order valence-corrected chi connectivity index (χ2v) is 7.52. The van der Waals surface area contributed by atoms with Gasteiger partial charge in [0.05, 0.1) is 0 Å². The molecule has 0 saturated carbocycles. The number of anilines is 2. The quantitative estimate of drug-likeness (QED) is 0.668. The van der Waals surface area contributed by atoms with Gasteiger partial charge in [-0.2, -0.15) is 0 Å². The van der Waals surface area contributed by atoms with Gasteiger partial charge in [0.2, 0.25) is 0 Å². The van der Waals surface area contributed by atoms with Crippen LogP contribution in [0.25, 0.3) is 0 Å². The molecule has 0 bridgehead atoms. The van der Waals surface area contributed by atoms with Crippen molar-refractivity contribution in [1.29, 1.82) is 0 Å². The van der Waals surface area contributed by atoms with Gasteiger partial charge in [0.1, 0.15) is 0 Å². The van der Waals surface area contributed by atoms with Crippen LogP contribution < -0.4 is 16.0 Å². The first-order valence-electron chi connectivity index (χ1n) is 8.41. The molecule has 0 aliphatic rings. The zero-order chi connectivity index (χ0) is 19.3. The fraction of sp³-hybridized carbons (Fsp3) is 0.238. The van der Waals surface area contributed by atoms with Crippen LogP contribution in [0.4, 0.5) is 11.4 Å². The molecule has 4 nitrogen and oxygen atoms in total. The van der Waals surface area contributed by atoms with E-state index >= 15 is 0 Å². The van der Waals surface area contributed by atoms with E-state index in [1.165, 1.54) is 11.8 Å². The Morgan fingerprint density at radius 3 is 2.31 bits per heavy atom. The zero-order valence-electron chi connectivity index (χ0n) is 15.6. The Labute approximate surface area is 160 Å². The largest absolute Gasteiger partial charge is 0.340 e. The van der Waals surface area contributed by atoms with E-state index in [4.69, 9.17) is 12.2 Å². The lowest BCUT2D eigenvalue weighted by molar-refractivity contribution is 0.102. The van der Waals surface area contributed by atoms with Crippen molar-refractivity contribution in [3.63, 3.8) is 0 Å². The van der Waals surface area contributed by atoms with Gasteiger partial charge in [-0.25, -0.2) is 0 Å². The second-order valence-electron chi connectivity index (χ2n) is 7.11. The number of amides is 1. The minimum Gasteiger partial charge on any atom is -0.340 e. The van der Waals surface area contributed by atoms with Gasteiger partial charge in [0.15, 0.2) is 5.11 Å². The summed E-state index contributed by atoms with van der Waals surface area (Å²) in [6, 6.07) is 13.3. The summed E-state index contributed by atoms with van der Waals surface area (Å²) in [5.74, 6) is -0.146. The topological polar surface area (TPSA) is 53.2 Å². The van der Waals surface area contributed by atoms with Crippen molar-refractivity contribution < 1.29 is 4.79 Å². The molecule has 0 atom stereocenters. The van der Waals surface area contributed by atoms with Crippen molar-refractivity contribution in [2.75, 3.05) is 10.6 Å². The van der Waals surface area contributed by atoms with Crippen molar-refractivity contribution in [2.45, 2.75) is 33.1 Å². The molecule has 0 aromatic heterocycles.